The van der Waals surface area contributed by atoms with Crippen LogP contribution in [-0.4, -0.2) is 25.1 Å². The maximum absolute atomic E-state index is 12.2. The number of hydrogen-bond acceptors (Lipinski definition) is 5. The Morgan fingerprint density at radius 3 is 2.42 bits per heavy atom. The van der Waals surface area contributed by atoms with Crippen LogP contribution in [0.15, 0.2) is 36.4 Å². The summed E-state index contributed by atoms with van der Waals surface area (Å²) in [5, 5.41) is 11.7. The van der Waals surface area contributed by atoms with Crippen molar-refractivity contribution in [3.8, 4) is 11.8 Å². The quantitative estimate of drug-likeness (QED) is 0.774. The summed E-state index contributed by atoms with van der Waals surface area (Å²) in [6.07, 6.45) is -1.08. The number of nitrogens with one attached hydrogen (secondary N) is 1. The third-order valence-electron chi connectivity index (χ3n) is 3.35. The second-order valence-corrected chi connectivity index (χ2v) is 6.02. The number of amides is 1. The van der Waals surface area contributed by atoms with Crippen LogP contribution in [0, 0.1) is 11.3 Å². The van der Waals surface area contributed by atoms with Crippen molar-refractivity contribution >= 4 is 40.8 Å². The number of benzene rings is 2. The first-order valence-electron chi connectivity index (χ1n) is 7.40. The minimum absolute atomic E-state index is 0.0897. The second kappa shape index (κ2) is 8.56. The average molecular weight is 393 g/mol. The molecule has 1 amide bonds. The maximum Gasteiger partial charge on any atom is 0.339 e. The maximum atomic E-state index is 12.2. The van der Waals surface area contributed by atoms with Gasteiger partial charge in [-0.1, -0.05) is 29.3 Å². The Morgan fingerprint density at radius 2 is 1.85 bits per heavy atom. The van der Waals surface area contributed by atoms with Crippen LogP contribution in [0.3, 0.4) is 0 Å². The lowest BCUT2D eigenvalue weighted by Gasteiger charge is -2.14. The number of ether oxygens (including phenoxy) is 2. The minimum Gasteiger partial charge on any atom is -0.494 e. The number of carbonyl (C=O) groups excluding carboxylic acids is 2. The fraction of sp³-hybridized carbons (Fsp3) is 0.167. The Kier molecular flexibility index (Phi) is 6.45. The molecular formula is C18H14Cl2N2O4. The summed E-state index contributed by atoms with van der Waals surface area (Å²) < 4.78 is 10.1. The van der Waals surface area contributed by atoms with E-state index in [1.165, 1.54) is 32.2 Å². The zero-order valence-electron chi connectivity index (χ0n) is 13.9. The number of rotatable bonds is 5. The standard InChI is InChI=1S/C18H14Cl2N2O4/c1-10(17(23)22-13-5-3-4-11(6-13)9-21)26-18(24)12-7-14(19)16(25-2)15(20)8-12/h3-8,10H,1-2H3,(H,22,23)/t10-/m1/s1. The molecule has 0 aliphatic carbocycles. The summed E-state index contributed by atoms with van der Waals surface area (Å²) in [4.78, 5) is 24.4. The van der Waals surface area contributed by atoms with Crippen molar-refractivity contribution in [3.63, 3.8) is 0 Å². The van der Waals surface area contributed by atoms with Crippen LogP contribution in [0.1, 0.15) is 22.8 Å². The fourth-order valence-electron chi connectivity index (χ4n) is 2.07. The molecule has 26 heavy (non-hydrogen) atoms. The summed E-state index contributed by atoms with van der Waals surface area (Å²) in [5.74, 6) is -1.06. The third-order valence-corrected chi connectivity index (χ3v) is 3.91. The molecule has 0 saturated carbocycles. The molecule has 0 bridgehead atoms. The molecule has 2 aromatic carbocycles. The van der Waals surface area contributed by atoms with Gasteiger partial charge >= 0.3 is 5.97 Å². The summed E-state index contributed by atoms with van der Waals surface area (Å²) in [5.41, 5.74) is 0.911. The SMILES string of the molecule is COc1c(Cl)cc(C(=O)O[C@H](C)C(=O)Nc2cccc(C#N)c2)cc1Cl. The van der Waals surface area contributed by atoms with Gasteiger partial charge < -0.3 is 14.8 Å². The highest BCUT2D eigenvalue weighted by Crippen LogP contribution is 2.34. The Morgan fingerprint density at radius 1 is 1.19 bits per heavy atom. The predicted molar refractivity (Wildman–Crippen MR) is 97.7 cm³/mol. The van der Waals surface area contributed by atoms with Crippen molar-refractivity contribution in [2.45, 2.75) is 13.0 Å². The normalized spacial score (nSPS) is 11.2. The van der Waals surface area contributed by atoms with Crippen molar-refractivity contribution in [1.82, 2.24) is 0 Å². The van der Waals surface area contributed by atoms with Gasteiger partial charge in [0.15, 0.2) is 11.9 Å². The average Bonchev–Trinajstić information content (AvgIpc) is 2.61. The lowest BCUT2D eigenvalue weighted by atomic mass is 10.2. The van der Waals surface area contributed by atoms with Crippen LogP contribution in [0.4, 0.5) is 5.69 Å². The van der Waals surface area contributed by atoms with Gasteiger partial charge in [0.25, 0.3) is 5.91 Å². The number of nitriles is 1. The first-order chi connectivity index (χ1) is 12.3. The molecule has 0 unspecified atom stereocenters. The van der Waals surface area contributed by atoms with E-state index < -0.39 is 18.0 Å². The molecule has 2 rings (SSSR count). The largest absolute Gasteiger partial charge is 0.494 e. The smallest absolute Gasteiger partial charge is 0.339 e. The number of hydrogen-bond donors (Lipinski definition) is 1. The first kappa shape index (κ1) is 19.6. The van der Waals surface area contributed by atoms with Crippen LogP contribution in [0.5, 0.6) is 5.75 Å². The Balaban J connectivity index is 2.06. The van der Waals surface area contributed by atoms with E-state index in [2.05, 4.69) is 5.32 Å². The highest BCUT2D eigenvalue weighted by Gasteiger charge is 2.21. The van der Waals surface area contributed by atoms with Crippen molar-refractivity contribution in [2.75, 3.05) is 12.4 Å². The van der Waals surface area contributed by atoms with E-state index in [-0.39, 0.29) is 21.4 Å². The Bertz CT molecular complexity index is 870. The molecule has 0 aliphatic rings. The Labute approximate surface area is 160 Å². The molecule has 0 fully saturated rings. The van der Waals surface area contributed by atoms with Gasteiger partial charge in [-0.05, 0) is 37.3 Å². The molecular weight excluding hydrogens is 379 g/mol. The van der Waals surface area contributed by atoms with Gasteiger partial charge in [0.1, 0.15) is 0 Å². The van der Waals surface area contributed by atoms with E-state index in [0.717, 1.165) is 0 Å². The van der Waals surface area contributed by atoms with Gasteiger partial charge in [0, 0.05) is 5.69 Å². The lowest BCUT2D eigenvalue weighted by molar-refractivity contribution is -0.123. The van der Waals surface area contributed by atoms with E-state index in [0.29, 0.717) is 11.3 Å². The third kappa shape index (κ3) is 4.66. The minimum atomic E-state index is -1.08. The fourth-order valence-corrected chi connectivity index (χ4v) is 2.71. The van der Waals surface area contributed by atoms with Crippen molar-refractivity contribution in [3.05, 3.63) is 57.6 Å². The number of esters is 1. The van der Waals surface area contributed by atoms with Gasteiger partial charge in [-0.15, -0.1) is 0 Å². The molecule has 2 aromatic rings. The highest BCUT2D eigenvalue weighted by molar-refractivity contribution is 6.37. The van der Waals surface area contributed by atoms with E-state index in [9.17, 15) is 9.59 Å². The second-order valence-electron chi connectivity index (χ2n) is 5.20. The summed E-state index contributed by atoms with van der Waals surface area (Å²) in [7, 11) is 1.40. The van der Waals surface area contributed by atoms with Gasteiger partial charge in [0.2, 0.25) is 0 Å². The van der Waals surface area contributed by atoms with Crippen molar-refractivity contribution < 1.29 is 19.1 Å². The summed E-state index contributed by atoms with van der Waals surface area (Å²) in [6, 6.07) is 11.0. The van der Waals surface area contributed by atoms with Crippen molar-refractivity contribution in [2.24, 2.45) is 0 Å². The monoisotopic (exact) mass is 392 g/mol. The van der Waals surface area contributed by atoms with Crippen LogP contribution < -0.4 is 10.1 Å². The van der Waals surface area contributed by atoms with E-state index >= 15 is 0 Å². The summed E-state index contributed by atoms with van der Waals surface area (Å²) >= 11 is 12.0. The van der Waals surface area contributed by atoms with Crippen LogP contribution in [0.25, 0.3) is 0 Å². The lowest BCUT2D eigenvalue weighted by Crippen LogP contribution is -2.30. The van der Waals surface area contributed by atoms with Gasteiger partial charge in [-0.3, -0.25) is 4.79 Å². The highest BCUT2D eigenvalue weighted by atomic mass is 35.5. The molecule has 0 spiro atoms. The van der Waals surface area contributed by atoms with E-state index in [4.69, 9.17) is 37.9 Å². The number of methoxy groups -OCH3 is 1. The Hall–Kier alpha value is -2.75. The molecule has 6 nitrogen and oxygen atoms in total. The molecule has 8 heteroatoms. The number of carbonyl (C=O) groups is 2. The van der Waals surface area contributed by atoms with Crippen LogP contribution in [0.2, 0.25) is 10.0 Å². The first-order valence-corrected chi connectivity index (χ1v) is 8.16. The molecule has 0 heterocycles. The van der Waals surface area contributed by atoms with Gasteiger partial charge in [0.05, 0.1) is 34.4 Å². The topological polar surface area (TPSA) is 88.4 Å². The molecule has 1 atom stereocenters. The predicted octanol–water partition coefficient (Wildman–Crippen LogP) is 4.06. The molecule has 0 saturated heterocycles. The number of halogens is 2. The zero-order valence-corrected chi connectivity index (χ0v) is 15.4. The van der Waals surface area contributed by atoms with Gasteiger partial charge in [-0.2, -0.15) is 5.26 Å². The molecule has 1 N–H and O–H groups in total. The number of nitrogens with zero attached hydrogens (tertiary/aromatic N) is 1. The zero-order chi connectivity index (χ0) is 19.3. The van der Waals surface area contributed by atoms with Gasteiger partial charge in [-0.25, -0.2) is 4.79 Å². The summed E-state index contributed by atoms with van der Waals surface area (Å²) in [6.45, 7) is 1.42. The van der Waals surface area contributed by atoms with Crippen LogP contribution >= 0.6 is 23.2 Å². The molecule has 0 radical (unpaired) electrons. The number of anilines is 1. The molecule has 134 valence electrons. The van der Waals surface area contributed by atoms with E-state index in [1.54, 1.807) is 18.2 Å². The van der Waals surface area contributed by atoms with Crippen LogP contribution in [-0.2, 0) is 9.53 Å². The molecule has 0 aliphatic heterocycles. The van der Waals surface area contributed by atoms with Crippen molar-refractivity contribution in [1.29, 1.82) is 5.26 Å². The van der Waals surface area contributed by atoms with E-state index in [1.807, 2.05) is 6.07 Å². The molecule has 0 aromatic heterocycles.